The van der Waals surface area contributed by atoms with E-state index < -0.39 is 0 Å². The molecule has 1 saturated heterocycles. The van der Waals surface area contributed by atoms with Gasteiger partial charge in [0.2, 0.25) is 0 Å². The van der Waals surface area contributed by atoms with Gasteiger partial charge in [0.1, 0.15) is 0 Å². The highest BCUT2D eigenvalue weighted by Gasteiger charge is 2.42. The number of allylic oxidation sites excluding steroid dienone is 1. The number of pyridine rings is 1. The fourth-order valence-electron chi connectivity index (χ4n) is 5.07. The SMILES string of the molecule is CC1=CC(C)(C)N(C)c2cc(Cl)c([C@H]3[C@H](c4ccccn4)NC(=S)N3c3ccc(C)cc3)cc21. The van der Waals surface area contributed by atoms with Crippen LogP contribution in [0, 0.1) is 6.92 Å². The first kappa shape index (κ1) is 22.9. The summed E-state index contributed by atoms with van der Waals surface area (Å²) in [4.78, 5) is 9.13. The van der Waals surface area contributed by atoms with Crippen molar-refractivity contribution in [1.82, 2.24) is 10.3 Å². The predicted octanol–water partition coefficient (Wildman–Crippen LogP) is 6.85. The van der Waals surface area contributed by atoms with Gasteiger partial charge in [0.15, 0.2) is 5.11 Å². The van der Waals surface area contributed by atoms with Crippen LogP contribution in [-0.4, -0.2) is 22.7 Å². The van der Waals surface area contributed by atoms with Crippen molar-refractivity contribution in [1.29, 1.82) is 0 Å². The van der Waals surface area contributed by atoms with Crippen LogP contribution in [0.1, 0.15) is 55.2 Å². The van der Waals surface area contributed by atoms with Gasteiger partial charge in [-0.25, -0.2) is 0 Å². The summed E-state index contributed by atoms with van der Waals surface area (Å²) in [5.74, 6) is 0. The average Bonchev–Trinajstić information content (AvgIpc) is 3.15. The molecular formula is C28H29ClN4S. The minimum atomic E-state index is -0.143. The van der Waals surface area contributed by atoms with Gasteiger partial charge < -0.3 is 15.1 Å². The van der Waals surface area contributed by atoms with Gasteiger partial charge in [-0.3, -0.25) is 4.98 Å². The Kier molecular flexibility index (Phi) is 5.65. The molecule has 0 amide bonds. The van der Waals surface area contributed by atoms with E-state index in [2.05, 4.69) is 97.3 Å². The van der Waals surface area contributed by atoms with Crippen molar-refractivity contribution < 1.29 is 0 Å². The van der Waals surface area contributed by atoms with Gasteiger partial charge in [0.05, 0.1) is 23.3 Å². The molecule has 2 aliphatic rings. The normalized spacial score (nSPS) is 21.2. The lowest BCUT2D eigenvalue weighted by atomic mass is 9.86. The summed E-state index contributed by atoms with van der Waals surface area (Å²) < 4.78 is 0. The highest BCUT2D eigenvalue weighted by molar-refractivity contribution is 7.80. The average molecular weight is 489 g/mol. The fraction of sp³-hybridized carbons (Fsp3) is 0.286. The van der Waals surface area contributed by atoms with E-state index in [1.54, 1.807) is 0 Å². The summed E-state index contributed by atoms with van der Waals surface area (Å²) in [6.45, 7) is 8.70. The zero-order chi connectivity index (χ0) is 24.2. The van der Waals surface area contributed by atoms with Crippen LogP contribution < -0.4 is 15.1 Å². The van der Waals surface area contributed by atoms with Crippen LogP contribution in [0.5, 0.6) is 0 Å². The summed E-state index contributed by atoms with van der Waals surface area (Å²) >= 11 is 12.9. The van der Waals surface area contributed by atoms with E-state index in [0.717, 1.165) is 27.7 Å². The van der Waals surface area contributed by atoms with Crippen LogP contribution >= 0.6 is 23.8 Å². The maximum atomic E-state index is 7.06. The summed E-state index contributed by atoms with van der Waals surface area (Å²) in [5, 5.41) is 4.93. The van der Waals surface area contributed by atoms with Gasteiger partial charge in [-0.2, -0.15) is 0 Å². The molecule has 2 atom stereocenters. The second-order valence-electron chi connectivity index (χ2n) is 9.76. The molecule has 34 heavy (non-hydrogen) atoms. The lowest BCUT2D eigenvalue weighted by molar-refractivity contribution is 0.567. The molecule has 3 aromatic rings. The van der Waals surface area contributed by atoms with Crippen LogP contribution in [-0.2, 0) is 0 Å². The molecule has 1 aromatic heterocycles. The Labute approximate surface area is 212 Å². The number of hydrogen-bond donors (Lipinski definition) is 1. The van der Waals surface area contributed by atoms with Gasteiger partial charge in [0.25, 0.3) is 0 Å². The predicted molar refractivity (Wildman–Crippen MR) is 147 cm³/mol. The Morgan fingerprint density at radius 3 is 2.47 bits per heavy atom. The minimum Gasteiger partial charge on any atom is -0.365 e. The number of aromatic nitrogens is 1. The second-order valence-corrected chi connectivity index (χ2v) is 10.6. The zero-order valence-corrected chi connectivity index (χ0v) is 21.7. The van der Waals surface area contributed by atoms with Gasteiger partial charge in [-0.1, -0.05) is 41.4 Å². The molecule has 0 saturated carbocycles. The molecule has 174 valence electrons. The van der Waals surface area contributed by atoms with Crippen molar-refractivity contribution in [3.8, 4) is 0 Å². The molecule has 5 rings (SSSR count). The summed E-state index contributed by atoms with van der Waals surface area (Å²) in [6, 6.07) is 18.5. The summed E-state index contributed by atoms with van der Waals surface area (Å²) in [5.41, 5.74) is 7.72. The lowest BCUT2D eigenvalue weighted by Crippen LogP contribution is -2.42. The summed E-state index contributed by atoms with van der Waals surface area (Å²) in [6.07, 6.45) is 4.14. The molecule has 1 N–H and O–H groups in total. The standard InChI is InChI=1S/C28H29ClN4S/c1-17-9-11-19(12-10-17)33-26(25(31-27(33)34)23-8-6-7-13-30-23)21-14-20-18(2)16-28(3,4)32(5)24(20)15-22(21)29/h6-16,25-26H,1-5H3,(H,31,34)/t25-,26-/m0/s1. The molecule has 0 unspecified atom stereocenters. The van der Waals surface area contributed by atoms with Crippen molar-refractivity contribution in [3.05, 3.63) is 94.3 Å². The number of rotatable bonds is 3. The van der Waals surface area contributed by atoms with Crippen LogP contribution in [0.25, 0.3) is 5.57 Å². The van der Waals surface area contributed by atoms with Gasteiger partial charge in [-0.15, -0.1) is 0 Å². The lowest BCUT2D eigenvalue weighted by Gasteiger charge is -2.41. The molecule has 0 bridgehead atoms. The Hall–Kier alpha value is -2.89. The first-order valence-electron chi connectivity index (χ1n) is 11.5. The summed E-state index contributed by atoms with van der Waals surface area (Å²) in [7, 11) is 2.12. The van der Waals surface area contributed by atoms with E-state index in [-0.39, 0.29) is 17.6 Å². The number of nitrogens with one attached hydrogen (secondary N) is 1. The third-order valence-electron chi connectivity index (χ3n) is 7.06. The molecular weight excluding hydrogens is 460 g/mol. The number of fused-ring (bicyclic) bond motifs is 1. The van der Waals surface area contributed by atoms with E-state index in [1.807, 2.05) is 24.4 Å². The Morgan fingerprint density at radius 2 is 1.79 bits per heavy atom. The molecule has 1 fully saturated rings. The topological polar surface area (TPSA) is 31.4 Å². The van der Waals surface area contributed by atoms with Crippen molar-refractivity contribution in [2.75, 3.05) is 16.8 Å². The van der Waals surface area contributed by atoms with E-state index in [0.29, 0.717) is 5.11 Å². The zero-order valence-electron chi connectivity index (χ0n) is 20.1. The van der Waals surface area contributed by atoms with Crippen LogP contribution in [0.2, 0.25) is 5.02 Å². The molecule has 6 heteroatoms. The number of hydrogen-bond acceptors (Lipinski definition) is 3. The molecule has 2 aliphatic heterocycles. The molecule has 0 aliphatic carbocycles. The van der Waals surface area contributed by atoms with Gasteiger partial charge >= 0.3 is 0 Å². The first-order valence-corrected chi connectivity index (χ1v) is 12.3. The number of benzene rings is 2. The van der Waals surface area contributed by atoms with Crippen LogP contribution in [0.15, 0.2) is 66.9 Å². The Balaban J connectivity index is 1.70. The fourth-order valence-corrected chi connectivity index (χ4v) is 5.68. The highest BCUT2D eigenvalue weighted by atomic mass is 35.5. The minimum absolute atomic E-state index is 0.0805. The van der Waals surface area contributed by atoms with Crippen molar-refractivity contribution in [2.45, 2.75) is 45.3 Å². The third-order valence-corrected chi connectivity index (χ3v) is 7.71. The number of nitrogens with zero attached hydrogens (tertiary/aromatic N) is 3. The second kappa shape index (κ2) is 8.40. The number of anilines is 2. The molecule has 0 spiro atoms. The van der Waals surface area contributed by atoms with Crippen LogP contribution in [0.4, 0.5) is 11.4 Å². The van der Waals surface area contributed by atoms with E-state index in [9.17, 15) is 0 Å². The highest BCUT2D eigenvalue weighted by Crippen LogP contribution is 2.47. The smallest absolute Gasteiger partial charge is 0.174 e. The van der Waals surface area contributed by atoms with E-state index in [4.69, 9.17) is 23.8 Å². The van der Waals surface area contributed by atoms with E-state index in [1.165, 1.54) is 16.7 Å². The molecule has 2 aromatic carbocycles. The molecule has 4 nitrogen and oxygen atoms in total. The van der Waals surface area contributed by atoms with Gasteiger partial charge in [0, 0.05) is 35.2 Å². The monoisotopic (exact) mass is 488 g/mol. The van der Waals surface area contributed by atoms with Crippen LogP contribution in [0.3, 0.4) is 0 Å². The Morgan fingerprint density at radius 1 is 1.06 bits per heavy atom. The molecule has 0 radical (unpaired) electrons. The first-order chi connectivity index (χ1) is 16.2. The largest absolute Gasteiger partial charge is 0.365 e. The maximum absolute atomic E-state index is 7.06. The van der Waals surface area contributed by atoms with Crippen molar-refractivity contribution in [3.63, 3.8) is 0 Å². The number of aryl methyl sites for hydroxylation is 1. The maximum Gasteiger partial charge on any atom is 0.174 e. The quantitative estimate of drug-likeness (QED) is 0.407. The van der Waals surface area contributed by atoms with Crippen molar-refractivity contribution >= 4 is 45.9 Å². The molecule has 3 heterocycles. The number of likely N-dealkylation sites (N-methyl/N-ethyl adjacent to an activating group) is 1. The van der Waals surface area contributed by atoms with E-state index >= 15 is 0 Å². The van der Waals surface area contributed by atoms with Gasteiger partial charge in [-0.05, 0) is 87.4 Å². The van der Waals surface area contributed by atoms with Crippen molar-refractivity contribution in [2.24, 2.45) is 0 Å². The third kappa shape index (κ3) is 3.77. The Bertz CT molecular complexity index is 1280. The number of halogens is 1. The number of thiocarbonyl (C=S) groups is 1.